The Balaban J connectivity index is 2.21. The highest BCUT2D eigenvalue weighted by molar-refractivity contribution is 9.10. The number of esters is 2. The maximum absolute atomic E-state index is 13.2. The molecule has 3 rings (SSSR count). The van der Waals surface area contributed by atoms with E-state index in [1.54, 1.807) is 13.8 Å². The minimum atomic E-state index is -1.25. The van der Waals surface area contributed by atoms with Gasteiger partial charge in [0.25, 0.3) is 0 Å². The Morgan fingerprint density at radius 1 is 1.06 bits per heavy atom. The maximum Gasteiger partial charge on any atom is 0.344 e. The first kappa shape index (κ1) is 24.0. The molecule has 1 atom stereocenters. The molecule has 1 aromatic carbocycles. The van der Waals surface area contributed by atoms with Crippen LogP contribution in [0.3, 0.4) is 0 Å². The minimum absolute atomic E-state index is 0.0488. The second-order valence-corrected chi connectivity index (χ2v) is 8.96. The molecule has 0 spiro atoms. The second-order valence-electron chi connectivity index (χ2n) is 7.49. The van der Waals surface area contributed by atoms with Gasteiger partial charge in [0, 0.05) is 10.0 Å². The zero-order chi connectivity index (χ0) is 22.4. The summed E-state index contributed by atoms with van der Waals surface area (Å²) in [4.78, 5) is 31.0. The van der Waals surface area contributed by atoms with Gasteiger partial charge in [0.1, 0.15) is 11.1 Å². The quantitative estimate of drug-likeness (QED) is 0.340. The van der Waals surface area contributed by atoms with Crippen molar-refractivity contribution in [1.82, 2.24) is 0 Å². The van der Waals surface area contributed by atoms with Gasteiger partial charge in [0.15, 0.2) is 5.60 Å². The van der Waals surface area contributed by atoms with Crippen LogP contribution in [0.5, 0.6) is 0 Å². The van der Waals surface area contributed by atoms with E-state index in [2.05, 4.69) is 31.9 Å². The predicted molar refractivity (Wildman–Crippen MR) is 125 cm³/mol. The number of nitrogens with zero attached hydrogens (tertiary/aromatic N) is 1. The summed E-state index contributed by atoms with van der Waals surface area (Å²) in [5.41, 5.74) is -0.344. The highest BCUT2D eigenvalue weighted by Gasteiger charge is 2.53. The lowest BCUT2D eigenvalue weighted by atomic mass is 9.86. The Kier molecular flexibility index (Phi) is 8.33. The maximum atomic E-state index is 13.2. The molecular weight excluding hydrogens is 530 g/mol. The number of hydrogen-bond donors (Lipinski definition) is 0. The van der Waals surface area contributed by atoms with Gasteiger partial charge in [-0.15, -0.1) is 0 Å². The number of halogens is 2. The van der Waals surface area contributed by atoms with Crippen LogP contribution in [0.4, 0.5) is 0 Å². The van der Waals surface area contributed by atoms with E-state index in [-0.39, 0.29) is 41.6 Å². The topological polar surface area (TPSA) is 74.2 Å². The number of aliphatic imine (C=N–C) groups is 1. The van der Waals surface area contributed by atoms with Crippen LogP contribution in [0.25, 0.3) is 0 Å². The Morgan fingerprint density at radius 2 is 1.68 bits per heavy atom. The molecule has 6 nitrogen and oxygen atoms in total. The van der Waals surface area contributed by atoms with Crippen LogP contribution < -0.4 is 0 Å². The molecule has 2 aliphatic rings. The van der Waals surface area contributed by atoms with E-state index in [0.717, 1.165) is 30.2 Å². The van der Waals surface area contributed by atoms with Crippen molar-refractivity contribution in [2.75, 3.05) is 18.5 Å². The number of carbonyl (C=O) groups is 2. The number of benzene rings is 1. The number of rotatable bonds is 7. The molecule has 1 unspecified atom stereocenters. The summed E-state index contributed by atoms with van der Waals surface area (Å²) in [6, 6.07) is 7.50. The molecule has 1 aromatic rings. The molecule has 0 aromatic heterocycles. The van der Waals surface area contributed by atoms with Gasteiger partial charge in [-0.2, -0.15) is 0 Å². The SMILES string of the molecule is CCOC(=O)C1=C(C(=O)OCC)C(CBr)(c2ccc(Br)cc2)OC1=NC1CCCCC1. The number of carbonyl (C=O) groups excluding carboxylic acids is 2. The van der Waals surface area contributed by atoms with Crippen LogP contribution >= 0.6 is 31.9 Å². The molecule has 0 saturated heterocycles. The van der Waals surface area contributed by atoms with Gasteiger partial charge in [0.05, 0.1) is 24.6 Å². The van der Waals surface area contributed by atoms with Crippen molar-refractivity contribution in [3.63, 3.8) is 0 Å². The summed E-state index contributed by atoms with van der Waals surface area (Å²) in [6.07, 6.45) is 5.21. The van der Waals surface area contributed by atoms with Crippen LogP contribution in [0, 0.1) is 0 Å². The summed E-state index contributed by atoms with van der Waals surface area (Å²) in [6.45, 7) is 3.80. The Morgan fingerprint density at radius 3 is 2.26 bits per heavy atom. The fourth-order valence-corrected chi connectivity index (χ4v) is 4.98. The lowest BCUT2D eigenvalue weighted by molar-refractivity contribution is -0.142. The van der Waals surface area contributed by atoms with Crippen LogP contribution in [-0.4, -0.2) is 42.4 Å². The van der Waals surface area contributed by atoms with Crippen LogP contribution in [0.2, 0.25) is 0 Å². The van der Waals surface area contributed by atoms with Gasteiger partial charge in [-0.05, 0) is 38.8 Å². The Hall–Kier alpha value is -1.67. The number of ether oxygens (including phenoxy) is 3. The van der Waals surface area contributed by atoms with E-state index in [9.17, 15) is 9.59 Å². The van der Waals surface area contributed by atoms with Crippen molar-refractivity contribution >= 4 is 49.7 Å². The standard InChI is InChI=1S/C23H27Br2NO5/c1-3-29-21(27)18-19(22(28)30-4-2)23(14-24,15-10-12-16(25)13-11-15)31-20(18)26-17-8-6-5-7-9-17/h10-13,17H,3-9,14H2,1-2H3. The van der Waals surface area contributed by atoms with E-state index in [0.29, 0.717) is 5.56 Å². The molecule has 8 heteroatoms. The molecule has 1 aliphatic heterocycles. The average Bonchev–Trinajstić information content (AvgIpc) is 3.10. The summed E-state index contributed by atoms with van der Waals surface area (Å²) in [5.74, 6) is -1.07. The van der Waals surface area contributed by atoms with Crippen molar-refractivity contribution in [2.45, 2.75) is 57.6 Å². The molecule has 1 heterocycles. The van der Waals surface area contributed by atoms with Crippen molar-refractivity contribution in [1.29, 1.82) is 0 Å². The van der Waals surface area contributed by atoms with Gasteiger partial charge in [-0.1, -0.05) is 63.3 Å². The minimum Gasteiger partial charge on any atom is -0.462 e. The normalized spacial score (nSPS) is 23.0. The van der Waals surface area contributed by atoms with Crippen molar-refractivity contribution in [3.05, 3.63) is 45.4 Å². The van der Waals surface area contributed by atoms with Crippen molar-refractivity contribution in [2.24, 2.45) is 4.99 Å². The average molecular weight is 557 g/mol. The van der Waals surface area contributed by atoms with Crippen molar-refractivity contribution < 1.29 is 23.8 Å². The first-order chi connectivity index (χ1) is 15.0. The molecule has 0 radical (unpaired) electrons. The molecule has 1 fully saturated rings. The lowest BCUT2D eigenvalue weighted by Crippen LogP contribution is -2.35. The van der Waals surface area contributed by atoms with Gasteiger partial charge < -0.3 is 14.2 Å². The highest BCUT2D eigenvalue weighted by atomic mass is 79.9. The Labute approximate surface area is 199 Å². The van der Waals surface area contributed by atoms with E-state index in [1.165, 1.54) is 6.42 Å². The molecule has 31 heavy (non-hydrogen) atoms. The van der Waals surface area contributed by atoms with E-state index in [4.69, 9.17) is 19.2 Å². The lowest BCUT2D eigenvalue weighted by Gasteiger charge is -2.29. The zero-order valence-electron chi connectivity index (χ0n) is 17.8. The summed E-state index contributed by atoms with van der Waals surface area (Å²) in [7, 11) is 0. The predicted octanol–water partition coefficient (Wildman–Crippen LogP) is 5.22. The van der Waals surface area contributed by atoms with E-state index in [1.807, 2.05) is 24.3 Å². The van der Waals surface area contributed by atoms with Gasteiger partial charge in [-0.25, -0.2) is 14.6 Å². The molecule has 1 aliphatic carbocycles. The number of hydrogen-bond acceptors (Lipinski definition) is 6. The summed E-state index contributed by atoms with van der Waals surface area (Å²) in [5, 5.41) is 0.238. The first-order valence-electron chi connectivity index (χ1n) is 10.6. The van der Waals surface area contributed by atoms with E-state index < -0.39 is 17.5 Å². The fourth-order valence-electron chi connectivity index (χ4n) is 4.00. The van der Waals surface area contributed by atoms with Gasteiger partial charge in [-0.3, -0.25) is 0 Å². The van der Waals surface area contributed by atoms with Crippen LogP contribution in [-0.2, 0) is 29.4 Å². The fraction of sp³-hybridized carbons (Fsp3) is 0.522. The molecule has 0 bridgehead atoms. The molecule has 0 amide bonds. The third kappa shape index (κ3) is 5.06. The monoisotopic (exact) mass is 555 g/mol. The molecular formula is C23H27Br2NO5. The molecule has 168 valence electrons. The van der Waals surface area contributed by atoms with Gasteiger partial charge in [0.2, 0.25) is 5.90 Å². The third-order valence-electron chi connectivity index (χ3n) is 5.47. The van der Waals surface area contributed by atoms with Gasteiger partial charge >= 0.3 is 11.9 Å². The largest absolute Gasteiger partial charge is 0.462 e. The van der Waals surface area contributed by atoms with Crippen LogP contribution in [0.15, 0.2) is 44.9 Å². The summed E-state index contributed by atoms with van der Waals surface area (Å²) >= 11 is 6.97. The van der Waals surface area contributed by atoms with E-state index >= 15 is 0 Å². The molecule has 0 N–H and O–H groups in total. The second kappa shape index (κ2) is 10.8. The Bertz CT molecular complexity index is 874. The molecule has 1 saturated carbocycles. The highest BCUT2D eigenvalue weighted by Crippen LogP contribution is 2.45. The number of alkyl halides is 1. The first-order valence-corrected chi connectivity index (χ1v) is 12.6. The van der Waals surface area contributed by atoms with Crippen LogP contribution in [0.1, 0.15) is 51.5 Å². The summed E-state index contributed by atoms with van der Waals surface area (Å²) < 4.78 is 18.0. The third-order valence-corrected chi connectivity index (χ3v) is 6.79. The smallest absolute Gasteiger partial charge is 0.344 e. The van der Waals surface area contributed by atoms with Crippen molar-refractivity contribution in [3.8, 4) is 0 Å². The zero-order valence-corrected chi connectivity index (χ0v) is 21.0.